The van der Waals surface area contributed by atoms with Crippen molar-refractivity contribution < 1.29 is 8.83 Å². The summed E-state index contributed by atoms with van der Waals surface area (Å²) in [6, 6.07) is 57.8. The maximum atomic E-state index is 6.89. The molecule has 2 aliphatic carbocycles. The van der Waals surface area contributed by atoms with Crippen LogP contribution in [0.3, 0.4) is 0 Å². The minimum atomic E-state index is -0.299. The van der Waals surface area contributed by atoms with E-state index in [-0.39, 0.29) is 10.8 Å². The van der Waals surface area contributed by atoms with Crippen molar-refractivity contribution in [2.75, 3.05) is 0 Å². The Hall–Kier alpha value is -6.90. The molecule has 2 heteroatoms. The summed E-state index contributed by atoms with van der Waals surface area (Å²) < 4.78 is 13.8. The van der Waals surface area contributed by atoms with Gasteiger partial charge in [0.1, 0.15) is 22.3 Å². The summed E-state index contributed by atoms with van der Waals surface area (Å²) in [4.78, 5) is 0. The largest absolute Gasteiger partial charge is 0.455 e. The topological polar surface area (TPSA) is 26.3 Å². The number of rotatable bonds is 2. The highest BCUT2D eigenvalue weighted by Gasteiger charge is 2.48. The summed E-state index contributed by atoms with van der Waals surface area (Å²) in [5.41, 5.74) is 18.5. The summed E-state index contributed by atoms with van der Waals surface area (Å²) in [7, 11) is 0. The van der Waals surface area contributed by atoms with Crippen molar-refractivity contribution in [2.24, 2.45) is 0 Å². The molecule has 0 amide bonds. The molecular weight excluding hydrogens is 705 g/mol. The van der Waals surface area contributed by atoms with Gasteiger partial charge in [-0.1, -0.05) is 149 Å². The lowest BCUT2D eigenvalue weighted by Crippen LogP contribution is -2.24. The van der Waals surface area contributed by atoms with Crippen LogP contribution in [0.25, 0.3) is 110 Å². The van der Waals surface area contributed by atoms with Gasteiger partial charge in [-0.2, -0.15) is 0 Å². The Balaban J connectivity index is 1.11. The van der Waals surface area contributed by atoms with Crippen LogP contribution in [0.15, 0.2) is 167 Å². The van der Waals surface area contributed by atoms with Crippen molar-refractivity contribution in [1.82, 2.24) is 0 Å². The van der Waals surface area contributed by atoms with Crippen molar-refractivity contribution in [1.29, 1.82) is 0 Å². The predicted molar refractivity (Wildman–Crippen MR) is 242 cm³/mol. The molecule has 274 valence electrons. The molecule has 0 aliphatic heterocycles. The minimum absolute atomic E-state index is 0.299. The molecule has 0 fully saturated rings. The Morgan fingerprint density at radius 2 is 0.759 bits per heavy atom. The lowest BCUT2D eigenvalue weighted by atomic mass is 9.72. The van der Waals surface area contributed by atoms with Crippen LogP contribution < -0.4 is 0 Å². The first-order valence-corrected chi connectivity index (χ1v) is 20.4. The first-order chi connectivity index (χ1) is 28.3. The van der Waals surface area contributed by atoms with E-state index in [1.165, 1.54) is 88.0 Å². The fraction of sp³-hybridized carbons (Fsp3) is 0.107. The van der Waals surface area contributed by atoms with E-state index in [1.807, 2.05) is 0 Å². The highest BCUT2D eigenvalue weighted by atomic mass is 16.3. The van der Waals surface area contributed by atoms with Crippen LogP contribution in [0.4, 0.5) is 0 Å². The minimum Gasteiger partial charge on any atom is -0.455 e. The number of fused-ring (bicyclic) bond motifs is 17. The average molecular weight is 743 g/mol. The van der Waals surface area contributed by atoms with Gasteiger partial charge in [-0.15, -0.1) is 0 Å². The van der Waals surface area contributed by atoms with E-state index >= 15 is 0 Å². The number of hydrogen-bond acceptors (Lipinski definition) is 2. The molecule has 11 aromatic rings. The molecule has 2 aromatic heterocycles. The summed E-state index contributed by atoms with van der Waals surface area (Å²) in [5.74, 6) is 0. The van der Waals surface area contributed by atoms with Crippen LogP contribution in [0.5, 0.6) is 0 Å². The van der Waals surface area contributed by atoms with Crippen molar-refractivity contribution in [3.8, 4) is 44.5 Å². The molecule has 2 aliphatic rings. The van der Waals surface area contributed by atoms with E-state index in [4.69, 9.17) is 8.83 Å². The zero-order valence-corrected chi connectivity index (χ0v) is 32.8. The molecule has 58 heavy (non-hydrogen) atoms. The highest BCUT2D eigenvalue weighted by molar-refractivity contribution is 6.21. The third-order valence-corrected chi connectivity index (χ3v) is 13.8. The molecule has 0 unspecified atom stereocenters. The van der Waals surface area contributed by atoms with E-state index in [1.54, 1.807) is 0 Å². The molecule has 9 aromatic carbocycles. The summed E-state index contributed by atoms with van der Waals surface area (Å²) in [6.07, 6.45) is 0. The van der Waals surface area contributed by atoms with Gasteiger partial charge in [0.05, 0.1) is 0 Å². The molecule has 0 atom stereocenters. The van der Waals surface area contributed by atoms with Crippen LogP contribution in [-0.2, 0) is 10.8 Å². The van der Waals surface area contributed by atoms with Crippen LogP contribution in [0, 0.1) is 0 Å². The van der Waals surface area contributed by atoms with Gasteiger partial charge < -0.3 is 8.83 Å². The van der Waals surface area contributed by atoms with E-state index in [2.05, 4.69) is 185 Å². The fourth-order valence-electron chi connectivity index (χ4n) is 11.1. The molecule has 2 nitrogen and oxygen atoms in total. The van der Waals surface area contributed by atoms with Crippen molar-refractivity contribution in [2.45, 2.75) is 38.5 Å². The Morgan fingerprint density at radius 1 is 0.362 bits per heavy atom. The van der Waals surface area contributed by atoms with Gasteiger partial charge in [0.15, 0.2) is 0 Å². The van der Waals surface area contributed by atoms with Crippen LogP contribution >= 0.6 is 0 Å². The van der Waals surface area contributed by atoms with E-state index in [9.17, 15) is 0 Å². The Bertz CT molecular complexity index is 3380. The number of benzene rings is 9. The molecule has 13 rings (SSSR count). The molecule has 0 saturated carbocycles. The van der Waals surface area contributed by atoms with Gasteiger partial charge >= 0.3 is 0 Å². The third-order valence-electron chi connectivity index (χ3n) is 13.8. The van der Waals surface area contributed by atoms with Crippen LogP contribution in [0.2, 0.25) is 0 Å². The Morgan fingerprint density at radius 3 is 1.21 bits per heavy atom. The predicted octanol–water partition coefficient (Wildman–Crippen LogP) is 15.7. The van der Waals surface area contributed by atoms with Gasteiger partial charge in [0, 0.05) is 43.5 Å². The molecule has 2 heterocycles. The molecule has 0 saturated heterocycles. The van der Waals surface area contributed by atoms with Gasteiger partial charge in [-0.25, -0.2) is 0 Å². The smallest absolute Gasteiger partial charge is 0.143 e. The molecule has 0 spiro atoms. The monoisotopic (exact) mass is 742 g/mol. The normalized spacial score (nSPS) is 14.8. The summed E-state index contributed by atoms with van der Waals surface area (Å²) in [5, 5.41) is 9.67. The van der Waals surface area contributed by atoms with E-state index < -0.39 is 0 Å². The first-order valence-electron chi connectivity index (χ1n) is 20.4. The Labute approximate surface area is 336 Å². The molecular formula is C56H38O2. The van der Waals surface area contributed by atoms with Crippen molar-refractivity contribution in [3.05, 3.63) is 180 Å². The molecule has 0 N–H and O–H groups in total. The second-order valence-corrected chi connectivity index (χ2v) is 17.6. The third kappa shape index (κ3) is 4.02. The average Bonchev–Trinajstić information content (AvgIpc) is 3.95. The lowest BCUT2D eigenvalue weighted by molar-refractivity contribution is 0.601. The van der Waals surface area contributed by atoms with Crippen molar-refractivity contribution in [3.63, 3.8) is 0 Å². The van der Waals surface area contributed by atoms with E-state index in [0.717, 1.165) is 44.2 Å². The van der Waals surface area contributed by atoms with Crippen molar-refractivity contribution >= 4 is 65.4 Å². The summed E-state index contributed by atoms with van der Waals surface area (Å²) in [6.45, 7) is 9.77. The van der Waals surface area contributed by atoms with Gasteiger partial charge in [-0.05, 0) is 114 Å². The first kappa shape index (κ1) is 32.2. The number of para-hydroxylation sites is 2. The second kappa shape index (κ2) is 10.9. The van der Waals surface area contributed by atoms with Crippen LogP contribution in [0.1, 0.15) is 49.9 Å². The standard InChI is InChI=1S/C56H38O2/c1-55(2)43-29-41(35-23-21-31-13-5-7-15-33(31)27-35)53-49(37-17-9-11-19-45(37)57-53)47(43)39-25-26-40-48-44(56(3,4)52(40)51(39)55)30-42(36-24-22-32-14-6-8-16-34(32)28-36)54-50(48)38-18-10-12-20-46(38)58-54/h5-30H,1-4H3. The lowest BCUT2D eigenvalue weighted by Gasteiger charge is -2.31. The van der Waals surface area contributed by atoms with Crippen LogP contribution in [-0.4, -0.2) is 0 Å². The number of hydrogen-bond donors (Lipinski definition) is 0. The maximum Gasteiger partial charge on any atom is 0.143 e. The summed E-state index contributed by atoms with van der Waals surface area (Å²) >= 11 is 0. The number of furan rings is 2. The van der Waals surface area contributed by atoms with Gasteiger partial charge in [-0.3, -0.25) is 0 Å². The quantitative estimate of drug-likeness (QED) is 0.176. The zero-order valence-electron chi connectivity index (χ0n) is 32.8. The second-order valence-electron chi connectivity index (χ2n) is 17.6. The molecule has 0 bridgehead atoms. The van der Waals surface area contributed by atoms with Gasteiger partial charge in [0.2, 0.25) is 0 Å². The highest BCUT2D eigenvalue weighted by Crippen LogP contribution is 2.63. The van der Waals surface area contributed by atoms with Gasteiger partial charge in [0.25, 0.3) is 0 Å². The maximum absolute atomic E-state index is 6.89. The molecule has 0 radical (unpaired) electrons. The zero-order chi connectivity index (χ0) is 38.7. The van der Waals surface area contributed by atoms with E-state index in [0.29, 0.717) is 0 Å². The fourth-order valence-corrected chi connectivity index (χ4v) is 11.1. The Kier molecular flexibility index (Phi) is 6.07. The SMILES string of the molecule is CC1(C)c2cc(-c3ccc4ccccc4c3)c3oc4ccccc4c3c2-c2ccc3c(c21)C(C)(C)c1cc(-c2ccc4ccccc4c2)c2oc4ccccc4c2c1-3.